The van der Waals surface area contributed by atoms with Gasteiger partial charge in [-0.3, -0.25) is 10.1 Å². The summed E-state index contributed by atoms with van der Waals surface area (Å²) in [7, 11) is 0. The Labute approximate surface area is 169 Å². The second-order valence-electron chi connectivity index (χ2n) is 6.32. The third kappa shape index (κ3) is 7.37. The highest BCUT2D eigenvalue weighted by Gasteiger charge is 2.15. The number of carbonyl (C=O) groups is 1. The molecule has 0 aliphatic heterocycles. The number of hydrogen-bond donors (Lipinski definition) is 1. The summed E-state index contributed by atoms with van der Waals surface area (Å²) in [4.78, 5) is 21.4. The van der Waals surface area contributed by atoms with Gasteiger partial charge in [0.1, 0.15) is 11.6 Å². The lowest BCUT2D eigenvalue weighted by molar-refractivity contribution is -0.385. The number of hydrogen-bond acceptors (Lipinski definition) is 5. The number of halogens is 1. The number of carbonyl (C=O) groups excluding carboxylic acids is 1. The van der Waals surface area contributed by atoms with Gasteiger partial charge in [-0.05, 0) is 63.1 Å². The molecule has 0 atom stereocenters. The van der Waals surface area contributed by atoms with Gasteiger partial charge in [0.25, 0.3) is 5.69 Å². The van der Waals surface area contributed by atoms with E-state index in [1.54, 1.807) is 32.9 Å². The number of nitro groups is 1. The van der Waals surface area contributed by atoms with Crippen molar-refractivity contribution in [1.29, 1.82) is 0 Å². The van der Waals surface area contributed by atoms with Gasteiger partial charge in [0.15, 0.2) is 0 Å². The zero-order chi connectivity index (χ0) is 22.0. The fourth-order valence-electron chi connectivity index (χ4n) is 2.45. The highest BCUT2D eigenvalue weighted by Crippen LogP contribution is 2.20. The number of aliphatic hydroxyl groups excluding tert-OH is 1. The lowest BCUT2D eigenvalue weighted by Crippen LogP contribution is -2.05. The highest BCUT2D eigenvalue weighted by atomic mass is 19.1. The van der Waals surface area contributed by atoms with Crippen molar-refractivity contribution in [3.05, 3.63) is 80.7 Å². The van der Waals surface area contributed by atoms with Crippen molar-refractivity contribution in [3.63, 3.8) is 0 Å². The van der Waals surface area contributed by atoms with Crippen LogP contribution >= 0.6 is 0 Å². The second-order valence-corrected chi connectivity index (χ2v) is 6.32. The first kappa shape index (κ1) is 23.8. The number of aliphatic hydroxyl groups is 1. The third-order valence-electron chi connectivity index (χ3n) is 4.01. The van der Waals surface area contributed by atoms with E-state index in [1.165, 1.54) is 30.3 Å². The molecule has 0 radical (unpaired) electrons. The van der Waals surface area contributed by atoms with E-state index in [0.29, 0.717) is 11.1 Å². The van der Waals surface area contributed by atoms with Crippen molar-refractivity contribution in [2.45, 2.75) is 40.5 Å². The van der Waals surface area contributed by atoms with Crippen molar-refractivity contribution < 1.29 is 24.0 Å². The highest BCUT2D eigenvalue weighted by molar-refractivity contribution is 5.90. The van der Waals surface area contributed by atoms with Gasteiger partial charge < -0.3 is 9.84 Å². The van der Waals surface area contributed by atoms with Crippen molar-refractivity contribution in [2.75, 3.05) is 6.61 Å². The van der Waals surface area contributed by atoms with Crippen LogP contribution in [0.5, 0.6) is 0 Å². The molecule has 0 aliphatic rings. The Hall–Kier alpha value is -3.22. The standard InChI is InChI=1S/C12H15FO.C10H11NO4/c1-3-4-5-12(14)11-7-6-10(13)8-9(11)2;1-3-15-10(12)8-5-4-7(2)9(6-8)11(13)14/h5-8,14H,3-4H2,1-2H3;4-6H,3H2,1-2H3/b12-5+;. The fraction of sp³-hybridized carbons (Fsp3) is 0.318. The van der Waals surface area contributed by atoms with E-state index in [1.807, 2.05) is 6.92 Å². The van der Waals surface area contributed by atoms with Crippen molar-refractivity contribution in [3.8, 4) is 0 Å². The number of nitro benzene ring substituents is 1. The minimum atomic E-state index is -0.541. The lowest BCUT2D eigenvalue weighted by atomic mass is 10.1. The molecular formula is C22H26FNO5. The van der Waals surface area contributed by atoms with E-state index in [-0.39, 0.29) is 29.4 Å². The number of unbranched alkanes of at least 4 members (excludes halogenated alkanes) is 1. The Morgan fingerprint density at radius 3 is 2.41 bits per heavy atom. The minimum absolute atomic E-state index is 0.0689. The van der Waals surface area contributed by atoms with Gasteiger partial charge in [0.05, 0.1) is 17.1 Å². The largest absolute Gasteiger partial charge is 0.508 e. The van der Waals surface area contributed by atoms with Crippen LogP contribution in [-0.2, 0) is 4.74 Å². The number of rotatable bonds is 6. The van der Waals surface area contributed by atoms with Crippen molar-refractivity contribution in [1.82, 2.24) is 0 Å². The summed E-state index contributed by atoms with van der Waals surface area (Å²) >= 11 is 0. The van der Waals surface area contributed by atoms with Crippen LogP contribution in [0.1, 0.15) is 53.7 Å². The number of nitrogens with zero attached hydrogens (tertiary/aromatic N) is 1. The zero-order valence-corrected chi connectivity index (χ0v) is 17.1. The summed E-state index contributed by atoms with van der Waals surface area (Å²) in [6, 6.07) is 8.66. The predicted octanol–water partition coefficient (Wildman–Crippen LogP) is 5.91. The maximum Gasteiger partial charge on any atom is 0.338 e. The Morgan fingerprint density at radius 1 is 1.17 bits per heavy atom. The molecule has 0 aromatic heterocycles. The average Bonchev–Trinajstić information content (AvgIpc) is 2.67. The molecular weight excluding hydrogens is 377 g/mol. The number of ether oxygens (including phenoxy) is 1. The molecule has 7 heteroatoms. The molecule has 0 aliphatic carbocycles. The smallest absolute Gasteiger partial charge is 0.338 e. The molecule has 6 nitrogen and oxygen atoms in total. The number of aryl methyl sites for hydroxylation is 2. The first-order valence-corrected chi connectivity index (χ1v) is 9.29. The van der Waals surface area contributed by atoms with Crippen molar-refractivity contribution in [2.24, 2.45) is 0 Å². The van der Waals surface area contributed by atoms with Gasteiger partial charge in [-0.1, -0.05) is 19.4 Å². The minimum Gasteiger partial charge on any atom is -0.508 e. The summed E-state index contributed by atoms with van der Waals surface area (Å²) in [5.41, 5.74) is 2.12. The molecule has 156 valence electrons. The van der Waals surface area contributed by atoms with E-state index < -0.39 is 10.9 Å². The summed E-state index contributed by atoms with van der Waals surface area (Å²) in [5.74, 6) is -0.570. The van der Waals surface area contributed by atoms with Crippen LogP contribution in [0.4, 0.5) is 10.1 Å². The first-order chi connectivity index (χ1) is 13.7. The molecule has 0 saturated heterocycles. The van der Waals surface area contributed by atoms with Gasteiger partial charge >= 0.3 is 5.97 Å². The molecule has 0 amide bonds. The van der Waals surface area contributed by atoms with Gasteiger partial charge in [-0.15, -0.1) is 0 Å². The molecule has 2 rings (SSSR count). The number of esters is 1. The number of benzene rings is 2. The van der Waals surface area contributed by atoms with Crippen LogP contribution in [0, 0.1) is 29.8 Å². The van der Waals surface area contributed by atoms with Crippen molar-refractivity contribution >= 4 is 17.4 Å². The quantitative estimate of drug-likeness (QED) is 0.280. The summed E-state index contributed by atoms with van der Waals surface area (Å²) < 4.78 is 17.5. The van der Waals surface area contributed by atoms with Crippen LogP contribution in [0.3, 0.4) is 0 Å². The summed E-state index contributed by atoms with van der Waals surface area (Å²) in [6.07, 6.45) is 3.59. The molecule has 0 fully saturated rings. The Morgan fingerprint density at radius 2 is 1.86 bits per heavy atom. The maximum atomic E-state index is 12.8. The summed E-state index contributed by atoms with van der Waals surface area (Å²) in [5, 5.41) is 20.3. The molecule has 0 heterocycles. The topological polar surface area (TPSA) is 89.7 Å². The van der Waals surface area contributed by atoms with Gasteiger partial charge in [-0.2, -0.15) is 0 Å². The van der Waals surface area contributed by atoms with E-state index in [4.69, 9.17) is 4.74 Å². The third-order valence-corrected chi connectivity index (χ3v) is 4.01. The molecule has 0 saturated carbocycles. The molecule has 1 N–H and O–H groups in total. The van der Waals surface area contributed by atoms with Crippen LogP contribution in [0.25, 0.3) is 5.76 Å². The predicted molar refractivity (Wildman–Crippen MR) is 110 cm³/mol. The second kappa shape index (κ2) is 11.6. The molecule has 2 aromatic carbocycles. The van der Waals surface area contributed by atoms with E-state index in [9.17, 15) is 24.4 Å². The lowest BCUT2D eigenvalue weighted by Gasteiger charge is -2.04. The van der Waals surface area contributed by atoms with Crippen LogP contribution < -0.4 is 0 Å². The fourth-order valence-corrected chi connectivity index (χ4v) is 2.45. The normalized spacial score (nSPS) is 10.7. The van der Waals surface area contributed by atoms with Crippen LogP contribution in [0.2, 0.25) is 0 Å². The molecule has 0 unspecified atom stereocenters. The molecule has 0 spiro atoms. The SMILES string of the molecule is CCC/C=C(/O)c1ccc(F)cc1C.CCOC(=O)c1ccc(C)c([N+](=O)[O-])c1. The Balaban J connectivity index is 0.000000291. The van der Waals surface area contributed by atoms with Gasteiger partial charge in [0, 0.05) is 17.2 Å². The van der Waals surface area contributed by atoms with E-state index in [0.717, 1.165) is 18.4 Å². The Bertz CT molecular complexity index is 893. The monoisotopic (exact) mass is 403 g/mol. The first-order valence-electron chi connectivity index (χ1n) is 9.29. The summed E-state index contributed by atoms with van der Waals surface area (Å²) in [6.45, 7) is 7.38. The number of allylic oxidation sites excluding steroid dienone is 1. The Kier molecular flexibility index (Phi) is 9.51. The molecule has 0 bridgehead atoms. The van der Waals surface area contributed by atoms with Gasteiger partial charge in [-0.25, -0.2) is 9.18 Å². The average molecular weight is 403 g/mol. The van der Waals surface area contributed by atoms with E-state index in [2.05, 4.69) is 0 Å². The molecule has 29 heavy (non-hydrogen) atoms. The maximum absolute atomic E-state index is 12.8. The van der Waals surface area contributed by atoms with Crippen LogP contribution in [0.15, 0.2) is 42.5 Å². The van der Waals surface area contributed by atoms with Gasteiger partial charge in [0.2, 0.25) is 0 Å². The van der Waals surface area contributed by atoms with Crippen LogP contribution in [-0.4, -0.2) is 22.6 Å². The van der Waals surface area contributed by atoms with E-state index >= 15 is 0 Å². The zero-order valence-electron chi connectivity index (χ0n) is 17.1. The molecule has 2 aromatic rings.